The summed E-state index contributed by atoms with van der Waals surface area (Å²) >= 11 is 0. The summed E-state index contributed by atoms with van der Waals surface area (Å²) in [5.74, 6) is 0.951. The van der Waals surface area contributed by atoms with E-state index in [1.165, 1.54) is 37.7 Å². The summed E-state index contributed by atoms with van der Waals surface area (Å²) in [6, 6.07) is 8.82. The molecule has 1 N–H and O–H groups in total. The van der Waals surface area contributed by atoms with Gasteiger partial charge in [-0.1, -0.05) is 50.5 Å². The Hall–Kier alpha value is -1.64. The van der Waals surface area contributed by atoms with Gasteiger partial charge in [-0.25, -0.2) is 5.43 Å². The number of benzene rings is 1. The number of carbonyl (C=O) groups is 1. The van der Waals surface area contributed by atoms with Crippen molar-refractivity contribution in [2.75, 3.05) is 0 Å². The van der Waals surface area contributed by atoms with E-state index in [4.69, 9.17) is 0 Å². The van der Waals surface area contributed by atoms with E-state index in [2.05, 4.69) is 41.7 Å². The van der Waals surface area contributed by atoms with E-state index >= 15 is 0 Å². The van der Waals surface area contributed by atoms with Crippen molar-refractivity contribution in [2.45, 2.75) is 51.4 Å². The maximum atomic E-state index is 11.3. The molecule has 1 aliphatic carbocycles. The molecule has 1 aliphatic heterocycles. The van der Waals surface area contributed by atoms with Crippen molar-refractivity contribution in [2.24, 2.45) is 11.0 Å². The van der Waals surface area contributed by atoms with Crippen molar-refractivity contribution in [3.63, 3.8) is 0 Å². The molecule has 0 bridgehead atoms. The Kier molecular flexibility index (Phi) is 3.86. The molecule has 1 fully saturated rings. The maximum absolute atomic E-state index is 11.3. The topological polar surface area (TPSA) is 41.5 Å². The number of hydrogen-bond acceptors (Lipinski definition) is 2. The van der Waals surface area contributed by atoms with Crippen molar-refractivity contribution >= 4 is 11.6 Å². The van der Waals surface area contributed by atoms with E-state index in [-0.39, 0.29) is 11.8 Å². The molecule has 1 aromatic carbocycles. The Bertz CT molecular complexity index is 512. The predicted octanol–water partition coefficient (Wildman–Crippen LogP) is 3.59. The normalized spacial score (nSPS) is 24.1. The zero-order chi connectivity index (χ0) is 13.9. The van der Waals surface area contributed by atoms with Gasteiger partial charge in [0.05, 0.1) is 5.71 Å². The highest BCUT2D eigenvalue weighted by Crippen LogP contribution is 2.32. The first-order valence-corrected chi connectivity index (χ1v) is 7.71. The molecule has 0 unspecified atom stereocenters. The van der Waals surface area contributed by atoms with E-state index in [1.54, 1.807) is 0 Å². The van der Waals surface area contributed by atoms with Crippen LogP contribution in [0.2, 0.25) is 0 Å². The van der Waals surface area contributed by atoms with Crippen molar-refractivity contribution in [1.29, 1.82) is 0 Å². The van der Waals surface area contributed by atoms with Crippen LogP contribution in [0.3, 0.4) is 0 Å². The smallest absolute Gasteiger partial charge is 0.240 e. The summed E-state index contributed by atoms with van der Waals surface area (Å²) < 4.78 is 0. The molecular formula is C17H22N2O. The number of nitrogens with zero attached hydrogens (tertiary/aromatic N) is 1. The second kappa shape index (κ2) is 5.78. The van der Waals surface area contributed by atoms with Gasteiger partial charge in [-0.15, -0.1) is 0 Å². The summed E-state index contributed by atoms with van der Waals surface area (Å²) in [6.45, 7) is 2.06. The fourth-order valence-corrected chi connectivity index (χ4v) is 3.36. The SMILES string of the molecule is C[C@@H]1CC(=O)NN=C1c1ccc(C2CCCCC2)cc1. The van der Waals surface area contributed by atoms with Crippen molar-refractivity contribution < 1.29 is 4.79 Å². The molecule has 0 saturated heterocycles. The fourth-order valence-electron chi connectivity index (χ4n) is 3.36. The van der Waals surface area contributed by atoms with Gasteiger partial charge < -0.3 is 0 Å². The molecule has 0 spiro atoms. The highest BCUT2D eigenvalue weighted by Gasteiger charge is 2.22. The Morgan fingerprint density at radius 2 is 1.80 bits per heavy atom. The van der Waals surface area contributed by atoms with Gasteiger partial charge in [0.15, 0.2) is 0 Å². The Balaban J connectivity index is 1.77. The molecule has 20 heavy (non-hydrogen) atoms. The number of rotatable bonds is 2. The standard InChI is InChI=1S/C17H22N2O/c1-12-11-16(20)18-19-17(12)15-9-7-14(8-10-15)13-5-3-2-4-6-13/h7-10,12-13H,2-6,11H2,1H3,(H,18,20)/t12-/m1/s1. The number of hydrogen-bond donors (Lipinski definition) is 1. The minimum Gasteiger partial charge on any atom is -0.273 e. The van der Waals surface area contributed by atoms with Gasteiger partial charge in [0, 0.05) is 12.3 Å². The Labute approximate surface area is 120 Å². The molecule has 1 amide bonds. The van der Waals surface area contributed by atoms with Gasteiger partial charge in [-0.2, -0.15) is 5.10 Å². The quantitative estimate of drug-likeness (QED) is 0.876. The van der Waals surface area contributed by atoms with Gasteiger partial charge in [0.2, 0.25) is 5.91 Å². The molecule has 106 valence electrons. The average Bonchev–Trinajstić information content (AvgIpc) is 2.48. The lowest BCUT2D eigenvalue weighted by molar-refractivity contribution is -0.121. The predicted molar refractivity (Wildman–Crippen MR) is 80.7 cm³/mol. The third-order valence-electron chi connectivity index (χ3n) is 4.54. The molecule has 0 aromatic heterocycles. The van der Waals surface area contributed by atoms with E-state index in [0.29, 0.717) is 6.42 Å². The van der Waals surface area contributed by atoms with E-state index in [9.17, 15) is 4.79 Å². The molecule has 2 aliphatic rings. The van der Waals surface area contributed by atoms with Crippen LogP contribution >= 0.6 is 0 Å². The van der Waals surface area contributed by atoms with E-state index in [0.717, 1.165) is 17.2 Å². The number of carbonyl (C=O) groups excluding carboxylic acids is 1. The fraction of sp³-hybridized carbons (Fsp3) is 0.529. The summed E-state index contributed by atoms with van der Waals surface area (Å²) in [5.41, 5.74) is 6.18. The van der Waals surface area contributed by atoms with Crippen molar-refractivity contribution in [3.8, 4) is 0 Å². The Morgan fingerprint density at radius 1 is 1.10 bits per heavy atom. The number of amides is 1. The van der Waals surface area contributed by atoms with Gasteiger partial charge in [0.1, 0.15) is 0 Å². The average molecular weight is 270 g/mol. The van der Waals surface area contributed by atoms with Gasteiger partial charge in [-0.3, -0.25) is 4.79 Å². The first kappa shape index (κ1) is 13.3. The van der Waals surface area contributed by atoms with Crippen LogP contribution in [0, 0.1) is 5.92 Å². The van der Waals surface area contributed by atoms with Crippen LogP contribution in [0.5, 0.6) is 0 Å². The van der Waals surface area contributed by atoms with Crippen molar-refractivity contribution in [3.05, 3.63) is 35.4 Å². The van der Waals surface area contributed by atoms with Crippen LogP contribution in [0.25, 0.3) is 0 Å². The lowest BCUT2D eigenvalue weighted by Crippen LogP contribution is -2.31. The van der Waals surface area contributed by atoms with Crippen LogP contribution < -0.4 is 5.43 Å². The molecule has 3 heteroatoms. The van der Waals surface area contributed by atoms with Gasteiger partial charge in [0.25, 0.3) is 0 Å². The van der Waals surface area contributed by atoms with Gasteiger partial charge in [-0.05, 0) is 29.9 Å². The molecular weight excluding hydrogens is 248 g/mol. The molecule has 3 rings (SSSR count). The zero-order valence-electron chi connectivity index (χ0n) is 12.1. The van der Waals surface area contributed by atoms with Crippen LogP contribution in [0.1, 0.15) is 62.5 Å². The molecule has 3 nitrogen and oxygen atoms in total. The summed E-state index contributed by atoms with van der Waals surface area (Å²) in [4.78, 5) is 11.3. The van der Waals surface area contributed by atoms with E-state index in [1.807, 2.05) is 0 Å². The molecule has 1 atom stereocenters. The molecule has 1 heterocycles. The molecule has 1 aromatic rings. The third-order valence-corrected chi connectivity index (χ3v) is 4.54. The second-order valence-electron chi connectivity index (χ2n) is 6.09. The van der Waals surface area contributed by atoms with Crippen LogP contribution in [-0.4, -0.2) is 11.6 Å². The largest absolute Gasteiger partial charge is 0.273 e. The number of nitrogens with one attached hydrogen (secondary N) is 1. The minimum atomic E-state index is 0.0140. The monoisotopic (exact) mass is 270 g/mol. The highest BCUT2D eigenvalue weighted by molar-refractivity contribution is 6.05. The highest BCUT2D eigenvalue weighted by atomic mass is 16.2. The molecule has 1 saturated carbocycles. The third kappa shape index (κ3) is 2.77. The summed E-state index contributed by atoms with van der Waals surface area (Å²) in [5, 5.41) is 4.22. The zero-order valence-corrected chi connectivity index (χ0v) is 12.1. The summed E-state index contributed by atoms with van der Waals surface area (Å²) in [7, 11) is 0. The van der Waals surface area contributed by atoms with Crippen LogP contribution in [-0.2, 0) is 4.79 Å². The molecule has 0 radical (unpaired) electrons. The first-order valence-electron chi connectivity index (χ1n) is 7.71. The lowest BCUT2D eigenvalue weighted by Gasteiger charge is -2.23. The number of hydrazone groups is 1. The van der Waals surface area contributed by atoms with Gasteiger partial charge >= 0.3 is 0 Å². The maximum Gasteiger partial charge on any atom is 0.240 e. The van der Waals surface area contributed by atoms with E-state index < -0.39 is 0 Å². The van der Waals surface area contributed by atoms with Crippen LogP contribution in [0.15, 0.2) is 29.4 Å². The lowest BCUT2D eigenvalue weighted by atomic mass is 9.83. The first-order chi connectivity index (χ1) is 9.74. The summed E-state index contributed by atoms with van der Waals surface area (Å²) in [6.07, 6.45) is 7.30. The minimum absolute atomic E-state index is 0.0140. The Morgan fingerprint density at radius 3 is 2.45 bits per heavy atom. The van der Waals surface area contributed by atoms with Crippen LogP contribution in [0.4, 0.5) is 0 Å². The van der Waals surface area contributed by atoms with Crippen molar-refractivity contribution in [1.82, 2.24) is 5.43 Å². The second-order valence-corrected chi connectivity index (χ2v) is 6.09.